The minimum atomic E-state index is -3.71. The Bertz CT molecular complexity index is 616. The van der Waals surface area contributed by atoms with Crippen LogP contribution in [0.3, 0.4) is 0 Å². The van der Waals surface area contributed by atoms with Crippen molar-refractivity contribution < 1.29 is 13.3 Å². The second kappa shape index (κ2) is 5.92. The van der Waals surface area contributed by atoms with Crippen LogP contribution in [0.1, 0.15) is 0 Å². The summed E-state index contributed by atoms with van der Waals surface area (Å²) in [4.78, 5) is 10.1. The average molecular weight is 321 g/mol. The van der Waals surface area contributed by atoms with Gasteiger partial charge >= 0.3 is 10.2 Å². The van der Waals surface area contributed by atoms with E-state index in [-0.39, 0.29) is 16.4 Å². The first-order chi connectivity index (χ1) is 9.40. The van der Waals surface area contributed by atoms with E-state index in [4.69, 9.17) is 11.6 Å². The number of nitro benzene ring substituents is 1. The summed E-state index contributed by atoms with van der Waals surface area (Å²) in [6, 6.07) is 3.77. The van der Waals surface area contributed by atoms with Crippen LogP contribution in [-0.4, -0.2) is 43.8 Å². The minimum Gasteiger partial charge on any atom is -0.314 e. The first-order valence-electron chi connectivity index (χ1n) is 5.83. The predicted molar refractivity (Wildman–Crippen MR) is 75.1 cm³/mol. The van der Waals surface area contributed by atoms with E-state index in [0.717, 1.165) is 6.07 Å². The Kier molecular flexibility index (Phi) is 4.43. The molecule has 0 amide bonds. The molecule has 1 aromatic carbocycles. The predicted octanol–water partition coefficient (Wildman–Crippen LogP) is 0.810. The van der Waals surface area contributed by atoms with E-state index >= 15 is 0 Å². The first kappa shape index (κ1) is 15.0. The molecule has 1 aliphatic rings. The van der Waals surface area contributed by atoms with Gasteiger partial charge in [-0.1, -0.05) is 11.6 Å². The number of rotatable bonds is 4. The van der Waals surface area contributed by atoms with Gasteiger partial charge in [0, 0.05) is 32.2 Å². The zero-order valence-corrected chi connectivity index (χ0v) is 11.9. The smallest absolute Gasteiger partial charge is 0.301 e. The average Bonchev–Trinajstić information content (AvgIpc) is 2.41. The van der Waals surface area contributed by atoms with Gasteiger partial charge in [0.25, 0.3) is 5.69 Å². The normalized spacial score (nSPS) is 16.9. The Labute approximate surface area is 121 Å². The van der Waals surface area contributed by atoms with E-state index in [2.05, 4.69) is 10.0 Å². The fraction of sp³-hybridized carbons (Fsp3) is 0.400. The molecule has 110 valence electrons. The van der Waals surface area contributed by atoms with Crippen molar-refractivity contribution in [2.45, 2.75) is 0 Å². The largest absolute Gasteiger partial charge is 0.314 e. The summed E-state index contributed by atoms with van der Waals surface area (Å²) < 4.78 is 27.8. The van der Waals surface area contributed by atoms with Crippen molar-refractivity contribution in [1.82, 2.24) is 9.62 Å². The summed E-state index contributed by atoms with van der Waals surface area (Å²) in [5.74, 6) is 0. The Morgan fingerprint density at radius 1 is 1.35 bits per heavy atom. The van der Waals surface area contributed by atoms with E-state index in [1.807, 2.05) is 0 Å². The molecular weight excluding hydrogens is 308 g/mol. The lowest BCUT2D eigenvalue weighted by Crippen LogP contribution is -2.48. The molecule has 20 heavy (non-hydrogen) atoms. The summed E-state index contributed by atoms with van der Waals surface area (Å²) in [6.07, 6.45) is 0. The second-order valence-corrected chi connectivity index (χ2v) is 6.26. The van der Waals surface area contributed by atoms with Gasteiger partial charge in [-0.3, -0.25) is 14.8 Å². The molecule has 0 unspecified atom stereocenters. The van der Waals surface area contributed by atoms with Gasteiger partial charge in [-0.05, 0) is 12.1 Å². The van der Waals surface area contributed by atoms with E-state index in [9.17, 15) is 18.5 Å². The molecule has 0 spiro atoms. The molecule has 0 aliphatic carbocycles. The number of nitro groups is 1. The van der Waals surface area contributed by atoms with Crippen LogP contribution in [-0.2, 0) is 10.2 Å². The van der Waals surface area contributed by atoms with Crippen molar-refractivity contribution in [2.75, 3.05) is 30.9 Å². The number of nitrogens with one attached hydrogen (secondary N) is 2. The van der Waals surface area contributed by atoms with Crippen molar-refractivity contribution >= 4 is 33.2 Å². The highest BCUT2D eigenvalue weighted by molar-refractivity contribution is 7.90. The standard InChI is InChI=1S/C10H13ClN4O4S/c11-9-2-1-8(7-10(9)15(16)17)13-20(18,19)14-5-3-12-4-6-14/h1-2,7,12-13H,3-6H2. The van der Waals surface area contributed by atoms with Crippen molar-refractivity contribution in [2.24, 2.45) is 0 Å². The summed E-state index contributed by atoms with van der Waals surface area (Å²) in [7, 11) is -3.71. The van der Waals surface area contributed by atoms with Gasteiger partial charge in [-0.15, -0.1) is 0 Å². The lowest BCUT2D eigenvalue weighted by atomic mass is 10.3. The molecule has 0 atom stereocenters. The van der Waals surface area contributed by atoms with Gasteiger partial charge in [-0.25, -0.2) is 0 Å². The fourth-order valence-electron chi connectivity index (χ4n) is 1.81. The molecule has 2 N–H and O–H groups in total. The SMILES string of the molecule is O=[N+]([O-])c1cc(NS(=O)(=O)N2CCNCC2)ccc1Cl. The number of halogens is 1. The second-order valence-electron chi connectivity index (χ2n) is 4.18. The lowest BCUT2D eigenvalue weighted by molar-refractivity contribution is -0.384. The number of benzene rings is 1. The molecule has 0 radical (unpaired) electrons. The molecule has 8 nitrogen and oxygen atoms in total. The third-order valence-corrected chi connectivity index (χ3v) is 4.66. The Morgan fingerprint density at radius 2 is 2.00 bits per heavy atom. The van der Waals surface area contributed by atoms with Crippen LogP contribution >= 0.6 is 11.6 Å². The van der Waals surface area contributed by atoms with Crippen LogP contribution in [0.2, 0.25) is 5.02 Å². The number of nitrogens with zero attached hydrogens (tertiary/aromatic N) is 2. The van der Waals surface area contributed by atoms with Gasteiger partial charge in [0.15, 0.2) is 0 Å². The molecule has 1 aromatic rings. The van der Waals surface area contributed by atoms with Crippen LogP contribution in [0.4, 0.5) is 11.4 Å². The lowest BCUT2D eigenvalue weighted by Gasteiger charge is -2.26. The maximum absolute atomic E-state index is 12.1. The van der Waals surface area contributed by atoms with Crippen LogP contribution in [0.5, 0.6) is 0 Å². The molecule has 1 heterocycles. The summed E-state index contributed by atoms with van der Waals surface area (Å²) >= 11 is 5.67. The van der Waals surface area contributed by atoms with Gasteiger partial charge in [0.05, 0.1) is 10.6 Å². The van der Waals surface area contributed by atoms with Gasteiger partial charge in [-0.2, -0.15) is 12.7 Å². The van der Waals surface area contributed by atoms with E-state index in [0.29, 0.717) is 26.2 Å². The molecule has 0 saturated carbocycles. The van der Waals surface area contributed by atoms with Crippen LogP contribution < -0.4 is 10.0 Å². The van der Waals surface area contributed by atoms with Crippen LogP contribution in [0.15, 0.2) is 18.2 Å². The van der Waals surface area contributed by atoms with Gasteiger partial charge in [0.1, 0.15) is 5.02 Å². The Morgan fingerprint density at radius 3 is 2.60 bits per heavy atom. The maximum Gasteiger partial charge on any atom is 0.301 e. The summed E-state index contributed by atoms with van der Waals surface area (Å²) in [5.41, 5.74) is -0.230. The zero-order chi connectivity index (χ0) is 14.8. The molecule has 0 bridgehead atoms. The maximum atomic E-state index is 12.1. The van der Waals surface area contributed by atoms with E-state index in [1.54, 1.807) is 0 Å². The highest BCUT2D eigenvalue weighted by atomic mass is 35.5. The topological polar surface area (TPSA) is 105 Å². The van der Waals surface area contributed by atoms with Crippen molar-refractivity contribution in [3.63, 3.8) is 0 Å². The number of hydrogen-bond donors (Lipinski definition) is 2. The third-order valence-electron chi connectivity index (χ3n) is 2.81. The van der Waals surface area contributed by atoms with Crippen LogP contribution in [0.25, 0.3) is 0 Å². The molecule has 1 fully saturated rings. The Balaban J connectivity index is 2.20. The van der Waals surface area contributed by atoms with Crippen LogP contribution in [0, 0.1) is 10.1 Å². The van der Waals surface area contributed by atoms with Crippen molar-refractivity contribution in [3.8, 4) is 0 Å². The molecule has 0 aromatic heterocycles. The minimum absolute atomic E-state index is 0.0416. The quantitative estimate of drug-likeness (QED) is 0.631. The zero-order valence-electron chi connectivity index (χ0n) is 10.4. The van der Waals surface area contributed by atoms with Gasteiger partial charge < -0.3 is 5.32 Å². The Hall–Kier alpha value is -1.42. The number of hydrogen-bond acceptors (Lipinski definition) is 5. The molecule has 2 rings (SSSR count). The molecule has 10 heteroatoms. The van der Waals surface area contributed by atoms with E-state index in [1.165, 1.54) is 16.4 Å². The third kappa shape index (κ3) is 3.37. The first-order valence-corrected chi connectivity index (χ1v) is 7.64. The summed E-state index contributed by atoms with van der Waals surface area (Å²) in [6.45, 7) is 1.85. The fourth-order valence-corrected chi connectivity index (χ4v) is 3.22. The number of piperazine rings is 1. The van der Waals surface area contributed by atoms with Crippen molar-refractivity contribution in [1.29, 1.82) is 0 Å². The molecular formula is C10H13ClN4O4S. The molecule has 1 aliphatic heterocycles. The monoisotopic (exact) mass is 320 g/mol. The highest BCUT2D eigenvalue weighted by Gasteiger charge is 2.24. The van der Waals surface area contributed by atoms with Crippen molar-refractivity contribution in [3.05, 3.63) is 33.3 Å². The highest BCUT2D eigenvalue weighted by Crippen LogP contribution is 2.28. The summed E-state index contributed by atoms with van der Waals surface area (Å²) in [5, 5.41) is 13.8. The van der Waals surface area contributed by atoms with Gasteiger partial charge in [0.2, 0.25) is 0 Å². The number of anilines is 1. The van der Waals surface area contributed by atoms with E-state index < -0.39 is 15.1 Å². The molecule has 1 saturated heterocycles.